The van der Waals surface area contributed by atoms with Gasteiger partial charge >= 0.3 is 0 Å². The largest absolute Gasteiger partial charge is 0.544 e. The zero-order valence-electron chi connectivity index (χ0n) is 11.2. The van der Waals surface area contributed by atoms with Crippen LogP contribution in [0, 0.1) is 6.92 Å². The van der Waals surface area contributed by atoms with Crippen molar-refractivity contribution in [2.24, 2.45) is 0 Å². The van der Waals surface area contributed by atoms with Crippen molar-refractivity contribution < 1.29 is 14.8 Å². The Bertz CT molecular complexity index is 605. The maximum absolute atomic E-state index is 11.0. The molecule has 0 unspecified atom stereocenters. The van der Waals surface area contributed by atoms with Crippen LogP contribution in [-0.4, -0.2) is 25.0 Å². The van der Waals surface area contributed by atoms with E-state index < -0.39 is 5.97 Å². The summed E-state index contributed by atoms with van der Waals surface area (Å²) in [6.45, 7) is 2.57. The number of aromatic carboxylic acids is 1. The molecule has 1 aromatic carbocycles. The third-order valence-electron chi connectivity index (χ3n) is 2.77. The molecule has 0 saturated carbocycles. The Balaban J connectivity index is 2.47. The molecule has 1 aromatic heterocycles. The lowest BCUT2D eigenvalue weighted by Gasteiger charge is -2.10. The van der Waals surface area contributed by atoms with Gasteiger partial charge in [-0.25, -0.2) is 4.98 Å². The van der Waals surface area contributed by atoms with Crippen molar-refractivity contribution in [2.45, 2.75) is 13.5 Å². The van der Waals surface area contributed by atoms with Crippen LogP contribution in [0.4, 0.5) is 0 Å². The van der Waals surface area contributed by atoms with Crippen molar-refractivity contribution in [3.05, 3.63) is 40.4 Å². The molecule has 0 aliphatic carbocycles. The summed E-state index contributed by atoms with van der Waals surface area (Å²) < 4.78 is 0. The lowest BCUT2D eigenvalue weighted by atomic mass is 10.1. The smallest absolute Gasteiger partial charge is 0.124 e. The van der Waals surface area contributed by atoms with Crippen molar-refractivity contribution in [1.29, 1.82) is 0 Å². The molecular formula is C14H16N2O2S. The second kappa shape index (κ2) is 5.50. The van der Waals surface area contributed by atoms with Gasteiger partial charge in [0.05, 0.1) is 30.6 Å². The van der Waals surface area contributed by atoms with E-state index >= 15 is 0 Å². The molecule has 0 radical (unpaired) electrons. The molecule has 0 saturated heterocycles. The Morgan fingerprint density at radius 1 is 1.37 bits per heavy atom. The quantitative estimate of drug-likeness (QED) is 0.863. The number of carboxylic acids is 1. The molecule has 100 valence electrons. The normalized spacial score (nSPS) is 10.9. The molecule has 4 nitrogen and oxygen atoms in total. The van der Waals surface area contributed by atoms with E-state index in [1.807, 2.05) is 18.2 Å². The first kappa shape index (κ1) is 13.7. The molecule has 0 atom stereocenters. The number of hydrogen-bond acceptors (Lipinski definition) is 4. The van der Waals surface area contributed by atoms with Gasteiger partial charge in [0.15, 0.2) is 0 Å². The number of carboxylic acid groups (broad SMARTS) is 1. The molecule has 0 aliphatic heterocycles. The summed E-state index contributed by atoms with van der Waals surface area (Å²) in [5.74, 6) is -1.16. The molecule has 2 aromatic rings. The van der Waals surface area contributed by atoms with Crippen molar-refractivity contribution in [2.75, 3.05) is 14.1 Å². The van der Waals surface area contributed by atoms with E-state index in [4.69, 9.17) is 0 Å². The number of carbonyl (C=O) groups is 1. The molecule has 1 N–H and O–H groups in total. The number of aryl methyl sites for hydroxylation is 1. The van der Waals surface area contributed by atoms with Crippen molar-refractivity contribution in [3.63, 3.8) is 0 Å². The molecule has 1 heterocycles. The van der Waals surface area contributed by atoms with Crippen LogP contribution in [0.25, 0.3) is 10.6 Å². The van der Waals surface area contributed by atoms with Gasteiger partial charge < -0.3 is 14.8 Å². The summed E-state index contributed by atoms with van der Waals surface area (Å²) in [6, 6.07) is 7.97. The van der Waals surface area contributed by atoms with Gasteiger partial charge in [-0.05, 0) is 6.92 Å². The average Bonchev–Trinajstić information content (AvgIpc) is 2.71. The Morgan fingerprint density at radius 2 is 2.05 bits per heavy atom. The second-order valence-electron chi connectivity index (χ2n) is 4.76. The minimum atomic E-state index is -1.16. The highest BCUT2D eigenvalue weighted by Crippen LogP contribution is 2.29. The Hall–Kier alpha value is -1.72. The Labute approximate surface area is 116 Å². The number of hydrogen-bond donors (Lipinski definition) is 1. The first-order valence-electron chi connectivity index (χ1n) is 6.05. The summed E-state index contributed by atoms with van der Waals surface area (Å²) in [4.78, 5) is 16.9. The summed E-state index contributed by atoms with van der Waals surface area (Å²) in [6.07, 6.45) is 0. The molecule has 2 rings (SSSR count). The van der Waals surface area contributed by atoms with Crippen molar-refractivity contribution in [1.82, 2.24) is 4.98 Å². The molecule has 0 bridgehead atoms. The minimum absolute atomic E-state index is 0.210. The predicted octanol–water partition coefficient (Wildman–Crippen LogP) is 0.127. The fraction of sp³-hybridized carbons (Fsp3) is 0.286. The number of carbonyl (C=O) groups excluding carboxylic acids is 1. The van der Waals surface area contributed by atoms with Gasteiger partial charge in [0.25, 0.3) is 0 Å². The molecule has 19 heavy (non-hydrogen) atoms. The topological polar surface area (TPSA) is 57.5 Å². The molecule has 0 spiro atoms. The fourth-order valence-electron chi connectivity index (χ4n) is 1.97. The van der Waals surface area contributed by atoms with Crippen LogP contribution in [0.1, 0.15) is 20.9 Å². The van der Waals surface area contributed by atoms with Crippen LogP contribution in [0.15, 0.2) is 24.3 Å². The summed E-state index contributed by atoms with van der Waals surface area (Å²) in [5.41, 5.74) is 2.69. The summed E-state index contributed by atoms with van der Waals surface area (Å²) in [5, 5.41) is 11.7. The van der Waals surface area contributed by atoms with Gasteiger partial charge in [0.2, 0.25) is 0 Å². The van der Waals surface area contributed by atoms with Crippen LogP contribution in [0.2, 0.25) is 0 Å². The monoisotopic (exact) mass is 276 g/mol. The molecule has 0 aliphatic rings. The first-order valence-corrected chi connectivity index (χ1v) is 6.86. The maximum atomic E-state index is 11.0. The Kier molecular flexibility index (Phi) is 3.97. The van der Waals surface area contributed by atoms with Gasteiger partial charge in [-0.15, -0.1) is 11.3 Å². The lowest BCUT2D eigenvalue weighted by Crippen LogP contribution is -3.04. The molecule has 0 amide bonds. The number of aromatic nitrogens is 1. The van der Waals surface area contributed by atoms with E-state index in [1.54, 1.807) is 6.92 Å². The number of quaternary nitrogens is 1. The van der Waals surface area contributed by atoms with Crippen molar-refractivity contribution >= 4 is 17.3 Å². The number of nitrogens with one attached hydrogen (secondary N) is 1. The van der Waals surface area contributed by atoms with Gasteiger partial charge in [0, 0.05) is 11.1 Å². The number of nitrogens with zero attached hydrogens (tertiary/aromatic N) is 1. The van der Waals surface area contributed by atoms with Crippen LogP contribution in [0.3, 0.4) is 0 Å². The Morgan fingerprint density at radius 3 is 2.63 bits per heavy atom. The first-order chi connectivity index (χ1) is 8.99. The van der Waals surface area contributed by atoms with Crippen molar-refractivity contribution in [3.8, 4) is 10.6 Å². The molecule has 5 heteroatoms. The molecule has 0 fully saturated rings. The van der Waals surface area contributed by atoms with Gasteiger partial charge in [0.1, 0.15) is 11.6 Å². The standard InChI is InChI=1S/C14H16N2O2S/c1-9-12(14(17)18)19-13(15-9)11-7-5-4-6-10(11)8-16(2)3/h4-7H,8H2,1-3H3,(H,17,18). The van der Waals surface area contributed by atoms with E-state index in [1.165, 1.54) is 21.8 Å². The highest BCUT2D eigenvalue weighted by atomic mass is 32.1. The van der Waals surface area contributed by atoms with Crippen LogP contribution < -0.4 is 10.0 Å². The zero-order valence-corrected chi connectivity index (χ0v) is 12.0. The lowest BCUT2D eigenvalue weighted by molar-refractivity contribution is -0.872. The van der Waals surface area contributed by atoms with E-state index in [9.17, 15) is 9.90 Å². The highest BCUT2D eigenvalue weighted by Gasteiger charge is 2.14. The number of thiazole rings is 1. The maximum Gasteiger partial charge on any atom is 0.124 e. The van der Waals surface area contributed by atoms with Gasteiger partial charge in [-0.2, -0.15) is 0 Å². The third kappa shape index (κ3) is 3.00. The number of rotatable bonds is 4. The van der Waals surface area contributed by atoms with Crippen LogP contribution >= 0.6 is 11.3 Å². The van der Waals surface area contributed by atoms with Crippen LogP contribution in [0.5, 0.6) is 0 Å². The summed E-state index contributed by atoms with van der Waals surface area (Å²) >= 11 is 1.18. The van der Waals surface area contributed by atoms with Crippen LogP contribution in [-0.2, 0) is 6.54 Å². The van der Waals surface area contributed by atoms with E-state index in [-0.39, 0.29) is 4.88 Å². The van der Waals surface area contributed by atoms with Gasteiger partial charge in [-0.3, -0.25) is 0 Å². The van der Waals surface area contributed by atoms with E-state index in [2.05, 4.69) is 25.1 Å². The zero-order chi connectivity index (χ0) is 14.0. The number of benzene rings is 1. The third-order valence-corrected chi connectivity index (χ3v) is 3.94. The predicted molar refractivity (Wildman–Crippen MR) is 73.1 cm³/mol. The van der Waals surface area contributed by atoms with E-state index in [0.29, 0.717) is 5.69 Å². The fourth-order valence-corrected chi connectivity index (χ4v) is 2.93. The minimum Gasteiger partial charge on any atom is -0.544 e. The average molecular weight is 276 g/mol. The SMILES string of the molecule is Cc1nc(-c2ccccc2C[NH+](C)C)sc1C(=O)[O-]. The highest BCUT2D eigenvalue weighted by molar-refractivity contribution is 7.17. The van der Waals surface area contributed by atoms with E-state index in [0.717, 1.165) is 17.1 Å². The molecular weight excluding hydrogens is 260 g/mol. The summed E-state index contributed by atoms with van der Waals surface area (Å²) in [7, 11) is 4.16. The van der Waals surface area contributed by atoms with Gasteiger partial charge in [-0.1, -0.05) is 24.3 Å². The second-order valence-corrected chi connectivity index (χ2v) is 5.76.